The Hall–Kier alpha value is -2.15. The van der Waals surface area contributed by atoms with E-state index in [9.17, 15) is 4.39 Å². The van der Waals surface area contributed by atoms with Crippen LogP contribution >= 0.6 is 15.9 Å². The summed E-state index contributed by atoms with van der Waals surface area (Å²) in [5.74, 6) is 0.843. The Bertz CT molecular complexity index is 786. The van der Waals surface area contributed by atoms with Gasteiger partial charge in [0.25, 0.3) is 0 Å². The van der Waals surface area contributed by atoms with Crippen LogP contribution in [0.15, 0.2) is 41.3 Å². The third kappa shape index (κ3) is 2.82. The number of nitrogens with zero attached hydrogens (tertiary/aromatic N) is 3. The molecule has 7 heteroatoms. The van der Waals surface area contributed by atoms with Gasteiger partial charge in [-0.15, -0.1) is 0 Å². The molecule has 0 saturated carbocycles. The summed E-state index contributed by atoms with van der Waals surface area (Å²) in [6.45, 7) is 2.73. The molecule has 0 aliphatic carbocycles. The summed E-state index contributed by atoms with van der Waals surface area (Å²) in [6, 6.07) is 4.70. The first-order valence-corrected chi connectivity index (χ1v) is 7.26. The normalized spacial score (nSPS) is 10.8. The largest absolute Gasteiger partial charge is 0.369 e. The first-order chi connectivity index (χ1) is 10.2. The first kappa shape index (κ1) is 13.8. The third-order valence-electron chi connectivity index (χ3n) is 2.91. The lowest BCUT2D eigenvalue weighted by atomic mass is 10.3. The molecule has 3 aromatic rings. The van der Waals surface area contributed by atoms with Crippen LogP contribution in [0.3, 0.4) is 0 Å². The Balaban J connectivity index is 2.06. The van der Waals surface area contributed by atoms with E-state index in [2.05, 4.69) is 36.5 Å². The fourth-order valence-electron chi connectivity index (χ4n) is 2.00. The summed E-state index contributed by atoms with van der Waals surface area (Å²) in [4.78, 5) is 8.69. The third-order valence-corrected chi connectivity index (χ3v) is 3.41. The lowest BCUT2D eigenvalue weighted by molar-refractivity contribution is 0.631. The van der Waals surface area contributed by atoms with Gasteiger partial charge >= 0.3 is 0 Å². The Kier molecular flexibility index (Phi) is 3.74. The summed E-state index contributed by atoms with van der Waals surface area (Å²) < 4.78 is 16.5. The van der Waals surface area contributed by atoms with E-state index in [1.165, 1.54) is 6.07 Å². The van der Waals surface area contributed by atoms with E-state index in [-0.39, 0.29) is 5.82 Å². The molecule has 2 aromatic heterocycles. The molecule has 2 heterocycles. The van der Waals surface area contributed by atoms with E-state index >= 15 is 0 Å². The van der Waals surface area contributed by atoms with Crippen LogP contribution in [0.25, 0.3) is 5.65 Å². The smallest absolute Gasteiger partial charge is 0.180 e. The van der Waals surface area contributed by atoms with Crippen LogP contribution in [0.4, 0.5) is 21.7 Å². The van der Waals surface area contributed by atoms with Crippen molar-refractivity contribution < 1.29 is 4.39 Å². The van der Waals surface area contributed by atoms with Crippen molar-refractivity contribution >= 4 is 38.9 Å². The maximum Gasteiger partial charge on any atom is 0.180 e. The first-order valence-electron chi connectivity index (χ1n) is 6.47. The molecule has 0 aliphatic heterocycles. The van der Waals surface area contributed by atoms with Gasteiger partial charge in [0.2, 0.25) is 0 Å². The monoisotopic (exact) mass is 349 g/mol. The molecule has 0 saturated heterocycles. The fraction of sp³-hybridized carbons (Fsp3) is 0.143. The van der Waals surface area contributed by atoms with Crippen LogP contribution in [0.1, 0.15) is 6.92 Å². The van der Waals surface area contributed by atoms with Crippen molar-refractivity contribution in [1.82, 2.24) is 14.4 Å². The van der Waals surface area contributed by atoms with Crippen molar-refractivity contribution in [2.75, 3.05) is 17.2 Å². The highest BCUT2D eigenvalue weighted by atomic mass is 79.9. The second-order valence-corrected chi connectivity index (χ2v) is 5.33. The molecule has 1 aromatic carbocycles. The molecule has 108 valence electrons. The van der Waals surface area contributed by atoms with Gasteiger partial charge in [-0.2, -0.15) is 0 Å². The van der Waals surface area contributed by atoms with Crippen molar-refractivity contribution in [1.29, 1.82) is 0 Å². The summed E-state index contributed by atoms with van der Waals surface area (Å²) in [5, 5.41) is 6.14. The second kappa shape index (κ2) is 5.69. The zero-order valence-electron chi connectivity index (χ0n) is 11.3. The van der Waals surface area contributed by atoms with Gasteiger partial charge < -0.3 is 15.0 Å². The second-order valence-electron chi connectivity index (χ2n) is 4.41. The molecule has 0 spiro atoms. The minimum atomic E-state index is -0.349. The lowest BCUT2D eigenvalue weighted by Crippen LogP contribution is -2.05. The van der Waals surface area contributed by atoms with Crippen LogP contribution < -0.4 is 10.6 Å². The highest BCUT2D eigenvalue weighted by molar-refractivity contribution is 9.10. The van der Waals surface area contributed by atoms with Crippen molar-refractivity contribution in [2.45, 2.75) is 6.92 Å². The number of hydrogen-bond acceptors (Lipinski definition) is 4. The highest BCUT2D eigenvalue weighted by Crippen LogP contribution is 2.25. The molecule has 5 nitrogen and oxygen atoms in total. The van der Waals surface area contributed by atoms with E-state index in [1.807, 2.05) is 23.7 Å². The van der Waals surface area contributed by atoms with Gasteiger partial charge in [-0.25, -0.2) is 14.4 Å². The number of fused-ring (bicyclic) bond motifs is 1. The number of nitrogens with one attached hydrogen (secondary N) is 2. The van der Waals surface area contributed by atoms with Crippen molar-refractivity contribution in [3.63, 3.8) is 0 Å². The van der Waals surface area contributed by atoms with Gasteiger partial charge in [-0.3, -0.25) is 0 Å². The quantitative estimate of drug-likeness (QED) is 0.751. The van der Waals surface area contributed by atoms with Gasteiger partial charge in [-0.05, 0) is 25.1 Å². The molecule has 0 aliphatic rings. The van der Waals surface area contributed by atoms with Gasteiger partial charge in [0.1, 0.15) is 11.6 Å². The number of benzene rings is 1. The minimum absolute atomic E-state index is 0.343. The number of halogens is 2. The van der Waals surface area contributed by atoms with E-state index in [0.29, 0.717) is 23.0 Å². The molecule has 0 fully saturated rings. The molecule has 0 bridgehead atoms. The average molecular weight is 350 g/mol. The Morgan fingerprint density at radius 1 is 1.38 bits per heavy atom. The Morgan fingerprint density at radius 3 is 3.05 bits per heavy atom. The SMILES string of the molecule is CCNc1cn2ccnc2c(Nc2cc(Br)ccc2F)n1. The summed E-state index contributed by atoms with van der Waals surface area (Å²) in [7, 11) is 0. The topological polar surface area (TPSA) is 54.2 Å². The molecule has 0 atom stereocenters. The summed E-state index contributed by atoms with van der Waals surface area (Å²) in [6.07, 6.45) is 5.34. The van der Waals surface area contributed by atoms with E-state index in [0.717, 1.165) is 11.0 Å². The number of rotatable bonds is 4. The number of anilines is 3. The number of hydrogen-bond donors (Lipinski definition) is 2. The van der Waals surface area contributed by atoms with Crippen molar-refractivity contribution in [3.8, 4) is 0 Å². The van der Waals surface area contributed by atoms with E-state index < -0.39 is 0 Å². The van der Waals surface area contributed by atoms with E-state index in [4.69, 9.17) is 0 Å². The maximum atomic E-state index is 13.9. The molecule has 0 radical (unpaired) electrons. The minimum Gasteiger partial charge on any atom is -0.369 e. The molecule has 21 heavy (non-hydrogen) atoms. The van der Waals surface area contributed by atoms with Crippen LogP contribution in [-0.2, 0) is 0 Å². The zero-order chi connectivity index (χ0) is 14.8. The molecule has 2 N–H and O–H groups in total. The number of imidazole rings is 1. The van der Waals surface area contributed by atoms with Crippen LogP contribution in [0, 0.1) is 5.82 Å². The van der Waals surface area contributed by atoms with E-state index in [1.54, 1.807) is 18.3 Å². The van der Waals surface area contributed by atoms with Crippen LogP contribution in [-0.4, -0.2) is 20.9 Å². The molecular formula is C14H13BrFN5. The van der Waals surface area contributed by atoms with Crippen molar-refractivity contribution in [2.24, 2.45) is 0 Å². The highest BCUT2D eigenvalue weighted by Gasteiger charge is 2.10. The van der Waals surface area contributed by atoms with Gasteiger partial charge in [-0.1, -0.05) is 15.9 Å². The number of aromatic nitrogens is 3. The lowest BCUT2D eigenvalue weighted by Gasteiger charge is -2.11. The fourth-order valence-corrected chi connectivity index (χ4v) is 2.36. The predicted octanol–water partition coefficient (Wildman–Crippen LogP) is 3.81. The van der Waals surface area contributed by atoms with Crippen LogP contribution in [0.5, 0.6) is 0 Å². The summed E-state index contributed by atoms with van der Waals surface area (Å²) in [5.41, 5.74) is 0.978. The molecule has 0 amide bonds. The zero-order valence-corrected chi connectivity index (χ0v) is 12.9. The Labute approximate surface area is 129 Å². The standard InChI is InChI=1S/C14H13BrFN5/c1-2-17-12-8-21-6-5-18-14(21)13(20-12)19-11-7-9(15)3-4-10(11)16/h3-8,17H,2H2,1H3,(H,19,20). The van der Waals surface area contributed by atoms with Gasteiger partial charge in [0.15, 0.2) is 11.5 Å². The molecule has 3 rings (SSSR count). The van der Waals surface area contributed by atoms with Crippen LogP contribution in [0.2, 0.25) is 0 Å². The van der Waals surface area contributed by atoms with Gasteiger partial charge in [0, 0.05) is 23.4 Å². The average Bonchev–Trinajstić information content (AvgIpc) is 2.92. The summed E-state index contributed by atoms with van der Waals surface area (Å²) >= 11 is 3.33. The Morgan fingerprint density at radius 2 is 2.24 bits per heavy atom. The molecule has 0 unspecified atom stereocenters. The van der Waals surface area contributed by atoms with Crippen molar-refractivity contribution in [3.05, 3.63) is 47.1 Å². The molecular weight excluding hydrogens is 337 g/mol. The predicted molar refractivity (Wildman–Crippen MR) is 84.5 cm³/mol. The van der Waals surface area contributed by atoms with Gasteiger partial charge in [0.05, 0.1) is 11.9 Å². The maximum absolute atomic E-state index is 13.9.